The van der Waals surface area contributed by atoms with Gasteiger partial charge in [-0.2, -0.15) is 0 Å². The van der Waals surface area contributed by atoms with Gasteiger partial charge in [0, 0.05) is 28.7 Å². The van der Waals surface area contributed by atoms with Gasteiger partial charge in [-0.1, -0.05) is 15.9 Å². The molecule has 1 atom stereocenters. The molecule has 1 fully saturated rings. The number of nitrogens with one attached hydrogen (secondary N) is 1. The van der Waals surface area contributed by atoms with Gasteiger partial charge in [0.25, 0.3) is 11.6 Å². The summed E-state index contributed by atoms with van der Waals surface area (Å²) in [5.74, 6) is 0.134. The van der Waals surface area contributed by atoms with E-state index in [2.05, 4.69) is 21.2 Å². The topological polar surface area (TPSA) is 72.2 Å². The second-order valence-electron chi connectivity index (χ2n) is 4.52. The number of hydrogen-bond donors (Lipinski definition) is 1. The molecule has 19 heavy (non-hydrogen) atoms. The normalized spacial score (nSPS) is 15.9. The molecule has 1 aromatic rings. The van der Waals surface area contributed by atoms with Crippen molar-refractivity contribution in [3.63, 3.8) is 0 Å². The quantitative estimate of drug-likeness (QED) is 0.505. The van der Waals surface area contributed by atoms with Crippen LogP contribution in [0, 0.1) is 16.0 Å². The van der Waals surface area contributed by atoms with Crippen LogP contribution < -0.4 is 5.32 Å². The molecule has 1 amide bonds. The summed E-state index contributed by atoms with van der Waals surface area (Å²) in [7, 11) is 0. The molecule has 1 saturated carbocycles. The SMILES string of the molecule is O=C(NCC(Cl)C1CC1)c1cc(Br)cc([N+](=O)[O-])c1. The number of hydrogen-bond acceptors (Lipinski definition) is 3. The maximum absolute atomic E-state index is 11.9. The Balaban J connectivity index is 2.03. The van der Waals surface area contributed by atoms with E-state index in [0.29, 0.717) is 16.9 Å². The van der Waals surface area contributed by atoms with Crippen LogP contribution in [0.5, 0.6) is 0 Å². The third-order valence-corrected chi connectivity index (χ3v) is 3.92. The van der Waals surface area contributed by atoms with E-state index in [0.717, 1.165) is 12.8 Å². The predicted octanol–water partition coefficient (Wildman–Crippen LogP) is 3.10. The van der Waals surface area contributed by atoms with Gasteiger partial charge < -0.3 is 5.32 Å². The molecule has 1 aromatic carbocycles. The number of carbonyl (C=O) groups excluding carboxylic acids is 1. The Morgan fingerprint density at radius 2 is 2.21 bits per heavy atom. The van der Waals surface area contributed by atoms with Crippen molar-refractivity contribution in [2.45, 2.75) is 18.2 Å². The zero-order valence-corrected chi connectivity index (χ0v) is 12.3. The number of benzene rings is 1. The Hall–Kier alpha value is -1.14. The lowest BCUT2D eigenvalue weighted by atomic mass is 10.2. The number of non-ortho nitro benzene ring substituents is 1. The number of nitro benzene ring substituents is 1. The Kier molecular flexibility index (Phi) is 4.42. The van der Waals surface area contributed by atoms with E-state index >= 15 is 0 Å². The van der Waals surface area contributed by atoms with Crippen LogP contribution in [0.15, 0.2) is 22.7 Å². The number of nitrogens with zero attached hydrogens (tertiary/aromatic N) is 1. The minimum atomic E-state index is -0.532. The highest BCUT2D eigenvalue weighted by Crippen LogP contribution is 2.35. The standard InChI is InChI=1S/C12H12BrClN2O3/c13-9-3-8(4-10(5-9)16(18)19)12(17)15-6-11(14)7-1-2-7/h3-5,7,11H,1-2,6H2,(H,15,17). The van der Waals surface area contributed by atoms with Crippen molar-refractivity contribution in [3.8, 4) is 0 Å². The number of carbonyl (C=O) groups is 1. The van der Waals surface area contributed by atoms with E-state index in [1.807, 2.05) is 0 Å². The van der Waals surface area contributed by atoms with Crippen LogP contribution in [0.25, 0.3) is 0 Å². The first-order valence-electron chi connectivity index (χ1n) is 5.84. The van der Waals surface area contributed by atoms with Crippen LogP contribution in [0.4, 0.5) is 5.69 Å². The van der Waals surface area contributed by atoms with Crippen LogP contribution in [-0.4, -0.2) is 22.8 Å². The number of alkyl halides is 1. The van der Waals surface area contributed by atoms with Gasteiger partial charge in [0.1, 0.15) is 0 Å². The third-order valence-electron chi connectivity index (χ3n) is 2.95. The summed E-state index contributed by atoms with van der Waals surface area (Å²) >= 11 is 9.24. The third kappa shape index (κ3) is 3.91. The Labute approximate surface area is 123 Å². The minimum Gasteiger partial charge on any atom is -0.351 e. The van der Waals surface area contributed by atoms with E-state index in [-0.39, 0.29) is 22.5 Å². The lowest BCUT2D eigenvalue weighted by molar-refractivity contribution is -0.385. The molecule has 1 aliphatic carbocycles. The van der Waals surface area contributed by atoms with E-state index in [1.165, 1.54) is 12.1 Å². The van der Waals surface area contributed by atoms with E-state index in [4.69, 9.17) is 11.6 Å². The lowest BCUT2D eigenvalue weighted by Gasteiger charge is -2.09. The Bertz CT molecular complexity index is 520. The average Bonchev–Trinajstić information content (AvgIpc) is 3.18. The van der Waals surface area contributed by atoms with Gasteiger partial charge in [-0.05, 0) is 24.8 Å². The molecule has 0 saturated heterocycles. The zero-order chi connectivity index (χ0) is 14.0. The maximum atomic E-state index is 11.9. The molecule has 1 N–H and O–H groups in total. The molecule has 0 aliphatic heterocycles. The molecule has 2 rings (SSSR count). The minimum absolute atomic E-state index is 0.0638. The highest BCUT2D eigenvalue weighted by Gasteiger charge is 2.29. The van der Waals surface area contributed by atoms with Crippen LogP contribution in [0.1, 0.15) is 23.2 Å². The van der Waals surface area contributed by atoms with Crippen molar-refractivity contribution in [1.82, 2.24) is 5.32 Å². The van der Waals surface area contributed by atoms with Gasteiger partial charge >= 0.3 is 0 Å². The fourth-order valence-corrected chi connectivity index (χ4v) is 2.54. The van der Waals surface area contributed by atoms with Gasteiger partial charge in [-0.15, -0.1) is 11.6 Å². The number of rotatable bonds is 5. The highest BCUT2D eigenvalue weighted by atomic mass is 79.9. The largest absolute Gasteiger partial charge is 0.351 e. The van der Waals surface area contributed by atoms with Gasteiger partial charge in [0.2, 0.25) is 0 Å². The van der Waals surface area contributed by atoms with Crippen LogP contribution in [-0.2, 0) is 0 Å². The first-order chi connectivity index (χ1) is 8.97. The average molecular weight is 348 g/mol. The summed E-state index contributed by atoms with van der Waals surface area (Å²) < 4.78 is 0.497. The molecule has 102 valence electrons. The van der Waals surface area contributed by atoms with E-state index in [1.54, 1.807) is 6.07 Å². The molecule has 7 heteroatoms. The summed E-state index contributed by atoms with van der Waals surface area (Å²) in [6.07, 6.45) is 2.21. The van der Waals surface area contributed by atoms with Crippen molar-refractivity contribution in [1.29, 1.82) is 0 Å². The van der Waals surface area contributed by atoms with Crippen molar-refractivity contribution in [3.05, 3.63) is 38.3 Å². The zero-order valence-electron chi connectivity index (χ0n) is 9.94. The van der Waals surface area contributed by atoms with Crippen LogP contribution in [0.3, 0.4) is 0 Å². The van der Waals surface area contributed by atoms with Crippen molar-refractivity contribution in [2.75, 3.05) is 6.54 Å². The first kappa shape index (κ1) is 14.3. The summed E-state index contributed by atoms with van der Waals surface area (Å²) in [4.78, 5) is 22.1. The summed E-state index contributed by atoms with van der Waals surface area (Å²) in [5.41, 5.74) is 0.130. The van der Waals surface area contributed by atoms with E-state index < -0.39 is 4.92 Å². The second kappa shape index (κ2) is 5.88. The Morgan fingerprint density at radius 1 is 1.53 bits per heavy atom. The predicted molar refractivity (Wildman–Crippen MR) is 75.5 cm³/mol. The van der Waals surface area contributed by atoms with Gasteiger partial charge in [0.05, 0.1) is 10.3 Å². The lowest BCUT2D eigenvalue weighted by Crippen LogP contribution is -2.30. The second-order valence-corrected chi connectivity index (χ2v) is 5.99. The number of amides is 1. The molecule has 0 bridgehead atoms. The highest BCUT2D eigenvalue weighted by molar-refractivity contribution is 9.10. The molecule has 0 spiro atoms. The summed E-state index contributed by atoms with van der Waals surface area (Å²) in [6.45, 7) is 0.380. The summed E-state index contributed by atoms with van der Waals surface area (Å²) in [6, 6.07) is 4.15. The smallest absolute Gasteiger partial charge is 0.271 e. The van der Waals surface area contributed by atoms with Crippen molar-refractivity contribution < 1.29 is 9.72 Å². The van der Waals surface area contributed by atoms with Crippen LogP contribution >= 0.6 is 27.5 Å². The van der Waals surface area contributed by atoms with Gasteiger partial charge in [0.15, 0.2) is 0 Å². The van der Waals surface area contributed by atoms with Gasteiger partial charge in [-0.3, -0.25) is 14.9 Å². The summed E-state index contributed by atoms with van der Waals surface area (Å²) in [5, 5.41) is 13.4. The molecular weight excluding hydrogens is 336 g/mol. The fraction of sp³-hybridized carbons (Fsp3) is 0.417. The number of halogens is 2. The molecule has 0 aromatic heterocycles. The van der Waals surface area contributed by atoms with E-state index in [9.17, 15) is 14.9 Å². The molecule has 5 nitrogen and oxygen atoms in total. The monoisotopic (exact) mass is 346 g/mol. The van der Waals surface area contributed by atoms with Crippen molar-refractivity contribution in [2.24, 2.45) is 5.92 Å². The fourth-order valence-electron chi connectivity index (χ4n) is 1.73. The molecular formula is C12H12BrClN2O3. The molecule has 0 heterocycles. The number of nitro groups is 1. The first-order valence-corrected chi connectivity index (χ1v) is 7.07. The van der Waals surface area contributed by atoms with Crippen molar-refractivity contribution >= 4 is 39.1 Å². The Morgan fingerprint density at radius 3 is 2.79 bits per heavy atom. The molecule has 1 unspecified atom stereocenters. The molecule has 1 aliphatic rings. The van der Waals surface area contributed by atoms with Crippen LogP contribution in [0.2, 0.25) is 0 Å². The molecule has 0 radical (unpaired) electrons. The maximum Gasteiger partial charge on any atom is 0.271 e. The van der Waals surface area contributed by atoms with Gasteiger partial charge in [-0.25, -0.2) is 0 Å².